The smallest absolute Gasteiger partial charge is 0.0544 e. The first-order chi connectivity index (χ1) is 8.54. The summed E-state index contributed by atoms with van der Waals surface area (Å²) in [7, 11) is 0. The van der Waals surface area contributed by atoms with Gasteiger partial charge in [0.1, 0.15) is 0 Å². The van der Waals surface area contributed by atoms with Crippen molar-refractivity contribution in [2.45, 2.75) is 51.0 Å². The molecule has 1 rings (SSSR count). The number of thioether (sulfide) groups is 1. The first kappa shape index (κ1) is 15.9. The summed E-state index contributed by atoms with van der Waals surface area (Å²) in [6.07, 6.45) is 3.14. The van der Waals surface area contributed by atoms with Crippen LogP contribution in [-0.4, -0.2) is 11.8 Å². The highest BCUT2D eigenvalue weighted by molar-refractivity contribution is 7.99. The van der Waals surface area contributed by atoms with Crippen molar-refractivity contribution < 1.29 is 0 Å². The quantitative estimate of drug-likeness (QED) is 0.731. The molecule has 1 aromatic rings. The molecule has 0 radical (unpaired) electrons. The van der Waals surface area contributed by atoms with Gasteiger partial charge in [-0.1, -0.05) is 44.5 Å². The normalized spacial score (nSPS) is 13.0. The molecule has 1 nitrogen and oxygen atoms in total. The second-order valence-electron chi connectivity index (χ2n) is 5.13. The highest BCUT2D eigenvalue weighted by atomic mass is 35.5. The molecule has 0 aliphatic rings. The number of halogens is 1. The number of rotatable bonds is 7. The summed E-state index contributed by atoms with van der Waals surface area (Å²) in [4.78, 5) is 1.23. The maximum atomic E-state index is 6.31. The molecular weight excluding hydrogens is 262 g/mol. The number of benzene rings is 1. The molecule has 1 unspecified atom stereocenters. The predicted molar refractivity (Wildman–Crippen MR) is 83.6 cm³/mol. The van der Waals surface area contributed by atoms with Crippen LogP contribution in [0.1, 0.15) is 39.2 Å². The van der Waals surface area contributed by atoms with Crippen LogP contribution in [0.4, 0.5) is 0 Å². The summed E-state index contributed by atoms with van der Waals surface area (Å²) >= 11 is 8.18. The zero-order valence-corrected chi connectivity index (χ0v) is 13.2. The fraction of sp³-hybridized carbons (Fsp3) is 0.600. The fourth-order valence-corrected chi connectivity index (χ4v) is 3.39. The Bertz CT molecular complexity index is 366. The summed E-state index contributed by atoms with van der Waals surface area (Å²) in [5.41, 5.74) is 7.35. The zero-order chi connectivity index (χ0) is 13.5. The van der Waals surface area contributed by atoms with Gasteiger partial charge in [0.2, 0.25) is 0 Å². The first-order valence-corrected chi connectivity index (χ1v) is 8.06. The van der Waals surface area contributed by atoms with Gasteiger partial charge in [0.05, 0.1) is 5.02 Å². The summed E-state index contributed by atoms with van der Waals surface area (Å²) in [6.45, 7) is 6.63. The minimum atomic E-state index is 0.230. The van der Waals surface area contributed by atoms with Crippen LogP contribution in [-0.2, 0) is 6.42 Å². The van der Waals surface area contributed by atoms with E-state index >= 15 is 0 Å². The van der Waals surface area contributed by atoms with Crippen LogP contribution in [0.2, 0.25) is 5.02 Å². The van der Waals surface area contributed by atoms with E-state index in [0.29, 0.717) is 0 Å². The lowest BCUT2D eigenvalue weighted by atomic mass is 10.0. The fourth-order valence-electron chi connectivity index (χ4n) is 1.70. The Morgan fingerprint density at radius 3 is 2.67 bits per heavy atom. The molecule has 2 N–H and O–H groups in total. The van der Waals surface area contributed by atoms with Crippen molar-refractivity contribution in [1.82, 2.24) is 0 Å². The Balaban J connectivity index is 2.74. The van der Waals surface area contributed by atoms with Gasteiger partial charge in [-0.25, -0.2) is 0 Å². The van der Waals surface area contributed by atoms with Crippen LogP contribution in [0.3, 0.4) is 0 Å². The van der Waals surface area contributed by atoms with Crippen molar-refractivity contribution in [2.75, 3.05) is 5.75 Å². The third-order valence-electron chi connectivity index (χ3n) is 3.00. The number of hydrogen-bond acceptors (Lipinski definition) is 2. The molecule has 0 aliphatic carbocycles. The van der Waals surface area contributed by atoms with Crippen LogP contribution in [0, 0.1) is 5.92 Å². The zero-order valence-electron chi connectivity index (χ0n) is 11.6. The Morgan fingerprint density at radius 2 is 2.06 bits per heavy atom. The summed E-state index contributed by atoms with van der Waals surface area (Å²) in [5.74, 6) is 1.86. The van der Waals surface area contributed by atoms with Crippen molar-refractivity contribution in [1.29, 1.82) is 0 Å². The average Bonchev–Trinajstić information content (AvgIpc) is 2.32. The standard InChI is InChI=1S/C15H24ClNS/c1-4-13(17)10-12-6-5-7-14(16)15(12)18-9-8-11(2)3/h5-7,11,13H,4,8-10,17H2,1-3H3. The molecular formula is C15H24ClNS. The highest BCUT2D eigenvalue weighted by Gasteiger charge is 2.10. The molecule has 0 saturated carbocycles. The van der Waals surface area contributed by atoms with Gasteiger partial charge in [-0.3, -0.25) is 0 Å². The predicted octanol–water partition coefficient (Wildman–Crippen LogP) is 4.76. The van der Waals surface area contributed by atoms with Gasteiger partial charge in [-0.05, 0) is 42.6 Å². The topological polar surface area (TPSA) is 26.0 Å². The maximum Gasteiger partial charge on any atom is 0.0544 e. The minimum absolute atomic E-state index is 0.230. The van der Waals surface area contributed by atoms with E-state index in [9.17, 15) is 0 Å². The van der Waals surface area contributed by atoms with Gasteiger partial charge in [-0.15, -0.1) is 11.8 Å². The van der Waals surface area contributed by atoms with Gasteiger partial charge in [-0.2, -0.15) is 0 Å². The third kappa shape index (κ3) is 5.21. The highest BCUT2D eigenvalue weighted by Crippen LogP contribution is 2.32. The van der Waals surface area contributed by atoms with Crippen molar-refractivity contribution in [3.63, 3.8) is 0 Å². The van der Waals surface area contributed by atoms with Gasteiger partial charge in [0, 0.05) is 10.9 Å². The lowest BCUT2D eigenvalue weighted by Gasteiger charge is -2.15. The van der Waals surface area contributed by atoms with Crippen molar-refractivity contribution in [2.24, 2.45) is 11.7 Å². The Hall–Kier alpha value is -0.180. The first-order valence-electron chi connectivity index (χ1n) is 6.70. The molecule has 3 heteroatoms. The maximum absolute atomic E-state index is 6.31. The molecule has 0 aromatic heterocycles. The largest absolute Gasteiger partial charge is 0.327 e. The van der Waals surface area contributed by atoms with Gasteiger partial charge >= 0.3 is 0 Å². The molecule has 0 saturated heterocycles. The van der Waals surface area contributed by atoms with E-state index in [-0.39, 0.29) is 6.04 Å². The number of nitrogens with two attached hydrogens (primary N) is 1. The van der Waals surface area contributed by atoms with Crippen LogP contribution in [0.25, 0.3) is 0 Å². The molecule has 1 aromatic carbocycles. The van der Waals surface area contributed by atoms with Crippen LogP contribution >= 0.6 is 23.4 Å². The summed E-state index contributed by atoms with van der Waals surface area (Å²) in [6, 6.07) is 6.37. The summed E-state index contributed by atoms with van der Waals surface area (Å²) in [5, 5.41) is 0.865. The van der Waals surface area contributed by atoms with Crippen molar-refractivity contribution in [3.05, 3.63) is 28.8 Å². The molecule has 0 amide bonds. The Morgan fingerprint density at radius 1 is 1.33 bits per heavy atom. The second kappa shape index (κ2) is 8.08. The van der Waals surface area contributed by atoms with Crippen molar-refractivity contribution >= 4 is 23.4 Å². The summed E-state index contributed by atoms with van der Waals surface area (Å²) < 4.78 is 0. The van der Waals surface area contributed by atoms with E-state index in [2.05, 4.69) is 26.8 Å². The van der Waals surface area contributed by atoms with E-state index in [1.807, 2.05) is 23.9 Å². The van der Waals surface area contributed by atoms with E-state index in [0.717, 1.165) is 29.5 Å². The van der Waals surface area contributed by atoms with Crippen molar-refractivity contribution in [3.8, 4) is 0 Å². The molecule has 18 heavy (non-hydrogen) atoms. The van der Waals surface area contributed by atoms with E-state index in [1.54, 1.807) is 0 Å². The van der Waals surface area contributed by atoms with E-state index in [4.69, 9.17) is 17.3 Å². The third-order valence-corrected chi connectivity index (χ3v) is 4.63. The molecule has 1 atom stereocenters. The lowest BCUT2D eigenvalue weighted by molar-refractivity contribution is 0.631. The molecule has 0 heterocycles. The minimum Gasteiger partial charge on any atom is -0.327 e. The average molecular weight is 286 g/mol. The molecule has 0 aliphatic heterocycles. The van der Waals surface area contributed by atoms with Gasteiger partial charge in [0.15, 0.2) is 0 Å². The molecule has 0 bridgehead atoms. The Labute approximate surface area is 120 Å². The van der Waals surface area contributed by atoms with Gasteiger partial charge in [0.25, 0.3) is 0 Å². The van der Waals surface area contributed by atoms with Crippen LogP contribution in [0.15, 0.2) is 23.1 Å². The van der Waals surface area contributed by atoms with E-state index < -0.39 is 0 Å². The SMILES string of the molecule is CCC(N)Cc1cccc(Cl)c1SCCC(C)C. The van der Waals surface area contributed by atoms with E-state index in [1.165, 1.54) is 16.9 Å². The van der Waals surface area contributed by atoms with Gasteiger partial charge < -0.3 is 5.73 Å². The molecule has 0 spiro atoms. The lowest BCUT2D eigenvalue weighted by Crippen LogP contribution is -2.21. The van der Waals surface area contributed by atoms with Crippen LogP contribution in [0.5, 0.6) is 0 Å². The molecule has 0 fully saturated rings. The Kier molecular flexibility index (Phi) is 7.13. The monoisotopic (exact) mass is 285 g/mol. The molecule has 102 valence electrons. The van der Waals surface area contributed by atoms with Crippen LogP contribution < -0.4 is 5.73 Å². The number of hydrogen-bond donors (Lipinski definition) is 1. The second-order valence-corrected chi connectivity index (χ2v) is 6.64.